The van der Waals surface area contributed by atoms with Crippen molar-refractivity contribution in [3.8, 4) is 16.9 Å². The molecule has 4 rings (SSSR count). The molecule has 178 valence electrons. The Morgan fingerprint density at radius 3 is 1.97 bits per heavy atom. The third kappa shape index (κ3) is 6.72. The molecular formula is C27H23ClN2O5. The van der Waals surface area contributed by atoms with Crippen molar-refractivity contribution < 1.29 is 36.5 Å². The van der Waals surface area contributed by atoms with Gasteiger partial charge in [0.1, 0.15) is 18.5 Å². The Kier molecular flexibility index (Phi) is 8.67. The lowest BCUT2D eigenvalue weighted by Crippen LogP contribution is -3.00. The number of halogens is 1. The number of ether oxygens (including phenoxy) is 1. The van der Waals surface area contributed by atoms with Crippen molar-refractivity contribution in [2.45, 2.75) is 12.6 Å². The highest BCUT2D eigenvalue weighted by molar-refractivity contribution is 6.09. The Balaban J connectivity index is 0.00000342. The summed E-state index contributed by atoms with van der Waals surface area (Å²) >= 11 is 0. The maximum atomic E-state index is 12.6. The number of carbonyl (C=O) groups excluding carboxylic acids is 1. The van der Waals surface area contributed by atoms with E-state index in [-0.39, 0.29) is 30.5 Å². The van der Waals surface area contributed by atoms with Crippen LogP contribution in [0.15, 0.2) is 103 Å². The van der Waals surface area contributed by atoms with Crippen LogP contribution in [-0.2, 0) is 6.54 Å². The summed E-state index contributed by atoms with van der Waals surface area (Å²) in [5.41, 5.74) is 2.98. The molecule has 0 spiro atoms. The first-order valence-corrected chi connectivity index (χ1v) is 10.7. The van der Waals surface area contributed by atoms with Gasteiger partial charge in [0, 0.05) is 35.4 Å². The zero-order chi connectivity index (χ0) is 23.9. The van der Waals surface area contributed by atoms with E-state index >= 15 is 0 Å². The van der Waals surface area contributed by atoms with Crippen molar-refractivity contribution in [3.05, 3.63) is 125 Å². The van der Waals surface area contributed by atoms with Crippen LogP contribution in [-0.4, -0.2) is 28.5 Å². The molecule has 7 nitrogen and oxygen atoms in total. The highest BCUT2D eigenvalue weighted by Gasteiger charge is 2.14. The summed E-state index contributed by atoms with van der Waals surface area (Å²) in [5.74, 6) is 0.292. The minimum absolute atomic E-state index is 0. The summed E-state index contributed by atoms with van der Waals surface area (Å²) in [6, 6.07) is 26.1. The topological polar surface area (TPSA) is 93.6 Å². The van der Waals surface area contributed by atoms with Crippen LogP contribution in [0.3, 0.4) is 0 Å². The van der Waals surface area contributed by atoms with Gasteiger partial charge in [0.2, 0.25) is 0 Å². The third-order valence-electron chi connectivity index (χ3n) is 5.32. The van der Waals surface area contributed by atoms with Crippen LogP contribution in [0, 0.1) is 10.1 Å². The van der Waals surface area contributed by atoms with Crippen molar-refractivity contribution in [1.82, 2.24) is 0 Å². The first-order chi connectivity index (χ1) is 16.5. The molecule has 0 aliphatic heterocycles. The number of aliphatic hydroxyl groups excluding tert-OH is 1. The van der Waals surface area contributed by atoms with Gasteiger partial charge in [0.05, 0.1) is 4.92 Å². The van der Waals surface area contributed by atoms with Gasteiger partial charge in [-0.25, -0.2) is 4.57 Å². The molecule has 4 aromatic rings. The number of ketones is 1. The van der Waals surface area contributed by atoms with E-state index in [4.69, 9.17) is 4.74 Å². The zero-order valence-electron chi connectivity index (χ0n) is 18.7. The van der Waals surface area contributed by atoms with E-state index in [2.05, 4.69) is 0 Å². The number of nitro groups is 1. The van der Waals surface area contributed by atoms with Crippen molar-refractivity contribution in [1.29, 1.82) is 0 Å². The fourth-order valence-corrected chi connectivity index (χ4v) is 3.49. The molecule has 8 heteroatoms. The number of aromatic nitrogens is 1. The van der Waals surface area contributed by atoms with Gasteiger partial charge in [-0.2, -0.15) is 0 Å². The predicted molar refractivity (Wildman–Crippen MR) is 127 cm³/mol. The number of benzene rings is 3. The van der Waals surface area contributed by atoms with Gasteiger partial charge in [0.25, 0.3) is 5.69 Å². The maximum absolute atomic E-state index is 12.6. The lowest BCUT2D eigenvalue weighted by atomic mass is 10.0. The normalized spacial score (nSPS) is 11.2. The molecule has 0 fully saturated rings. The Morgan fingerprint density at radius 1 is 0.857 bits per heavy atom. The van der Waals surface area contributed by atoms with Crippen LogP contribution in [0.25, 0.3) is 11.1 Å². The average Bonchev–Trinajstić information content (AvgIpc) is 2.88. The molecule has 0 amide bonds. The molecule has 1 heterocycles. The smallest absolute Gasteiger partial charge is 0.269 e. The lowest BCUT2D eigenvalue weighted by Gasteiger charge is -2.11. The zero-order valence-corrected chi connectivity index (χ0v) is 19.4. The van der Waals surface area contributed by atoms with Crippen LogP contribution in [0.1, 0.15) is 15.9 Å². The van der Waals surface area contributed by atoms with Crippen LogP contribution >= 0.6 is 0 Å². The SMILES string of the molecule is O=C(c1ccc(OCC(O)C[n+]2ccc(-c3ccccc3)cc2)cc1)c1ccc([N+](=O)[O-])cc1.[Cl-]. The third-order valence-corrected chi connectivity index (χ3v) is 5.32. The van der Waals surface area contributed by atoms with Gasteiger partial charge in [-0.15, -0.1) is 0 Å². The second-order valence-corrected chi connectivity index (χ2v) is 7.77. The average molecular weight is 491 g/mol. The molecule has 0 bridgehead atoms. The Bertz CT molecular complexity index is 1260. The van der Waals surface area contributed by atoms with E-state index in [9.17, 15) is 20.0 Å². The van der Waals surface area contributed by atoms with Gasteiger partial charge < -0.3 is 22.3 Å². The van der Waals surface area contributed by atoms with Crippen molar-refractivity contribution >= 4 is 11.5 Å². The fraction of sp³-hybridized carbons (Fsp3) is 0.111. The van der Waals surface area contributed by atoms with Gasteiger partial charge in [-0.1, -0.05) is 30.3 Å². The quantitative estimate of drug-likeness (QED) is 0.165. The summed E-state index contributed by atoms with van der Waals surface area (Å²) in [6.07, 6.45) is 3.13. The standard InChI is InChI=1S/C27H23N2O5.ClH/c30-25(18-28-16-14-21(15-17-28)20-4-2-1-3-5-20)19-34-26-12-8-23(9-13-26)27(31)22-6-10-24(11-7-22)29(32)33;/h1-17,25,30H,18-19H2;1H/q+1;/p-1. The highest BCUT2D eigenvalue weighted by Crippen LogP contribution is 2.19. The van der Waals surface area contributed by atoms with Crippen LogP contribution < -0.4 is 21.7 Å². The molecule has 1 N–H and O–H groups in total. The summed E-state index contributed by atoms with van der Waals surface area (Å²) in [7, 11) is 0. The number of aliphatic hydroxyl groups is 1. The fourth-order valence-electron chi connectivity index (χ4n) is 3.49. The van der Waals surface area contributed by atoms with Gasteiger partial charge in [-0.05, 0) is 47.5 Å². The number of carbonyl (C=O) groups is 1. The summed E-state index contributed by atoms with van der Waals surface area (Å²) < 4.78 is 7.56. The van der Waals surface area contributed by atoms with E-state index in [1.54, 1.807) is 24.3 Å². The Morgan fingerprint density at radius 2 is 1.40 bits per heavy atom. The summed E-state index contributed by atoms with van der Waals surface area (Å²) in [4.78, 5) is 22.8. The molecule has 1 atom stereocenters. The Hall–Kier alpha value is -4.07. The van der Waals surface area contributed by atoms with Crippen LogP contribution in [0.4, 0.5) is 5.69 Å². The largest absolute Gasteiger partial charge is 1.00 e. The van der Waals surface area contributed by atoms with Gasteiger partial charge in [-0.3, -0.25) is 14.9 Å². The van der Waals surface area contributed by atoms with E-state index in [0.717, 1.165) is 11.1 Å². The first-order valence-electron chi connectivity index (χ1n) is 10.7. The number of hydrogen-bond acceptors (Lipinski definition) is 5. The number of nitrogens with zero attached hydrogens (tertiary/aromatic N) is 2. The maximum Gasteiger partial charge on any atom is 0.269 e. The molecule has 0 aliphatic rings. The second-order valence-electron chi connectivity index (χ2n) is 7.77. The molecule has 0 radical (unpaired) electrons. The summed E-state index contributed by atoms with van der Waals surface area (Å²) in [5, 5.41) is 21.1. The van der Waals surface area contributed by atoms with Crippen molar-refractivity contribution in [2.24, 2.45) is 0 Å². The van der Waals surface area contributed by atoms with Crippen molar-refractivity contribution in [2.75, 3.05) is 6.61 Å². The molecule has 1 unspecified atom stereocenters. The molecule has 35 heavy (non-hydrogen) atoms. The predicted octanol–water partition coefficient (Wildman–Crippen LogP) is 1.22. The van der Waals surface area contributed by atoms with Crippen molar-refractivity contribution in [3.63, 3.8) is 0 Å². The molecule has 0 saturated heterocycles. The van der Waals surface area contributed by atoms with Crippen LogP contribution in [0.5, 0.6) is 5.75 Å². The van der Waals surface area contributed by atoms with E-state index in [1.807, 2.05) is 59.4 Å². The molecule has 0 saturated carbocycles. The van der Waals surface area contributed by atoms with Gasteiger partial charge in [0.15, 0.2) is 24.7 Å². The number of hydrogen-bond donors (Lipinski definition) is 1. The highest BCUT2D eigenvalue weighted by atomic mass is 35.5. The van der Waals surface area contributed by atoms with E-state index < -0.39 is 11.0 Å². The van der Waals surface area contributed by atoms with Gasteiger partial charge >= 0.3 is 0 Å². The van der Waals surface area contributed by atoms with E-state index in [1.165, 1.54) is 24.3 Å². The lowest BCUT2D eigenvalue weighted by molar-refractivity contribution is -0.703. The summed E-state index contributed by atoms with van der Waals surface area (Å²) in [6.45, 7) is 0.481. The monoisotopic (exact) mass is 490 g/mol. The second kappa shape index (κ2) is 11.9. The molecular weight excluding hydrogens is 468 g/mol. The molecule has 3 aromatic carbocycles. The van der Waals surface area contributed by atoms with Crippen LogP contribution in [0.2, 0.25) is 0 Å². The first kappa shape index (κ1) is 25.6. The minimum atomic E-state index is -0.714. The number of nitro benzene ring substituents is 1. The number of pyridine rings is 1. The minimum Gasteiger partial charge on any atom is -1.00 e. The number of rotatable bonds is 9. The number of non-ortho nitro benzene ring substituents is 1. The molecule has 0 aliphatic carbocycles. The Labute approximate surface area is 208 Å². The van der Waals surface area contributed by atoms with E-state index in [0.29, 0.717) is 23.4 Å². The molecule has 1 aromatic heterocycles.